The Kier molecular flexibility index (Phi) is 3.33. The van der Waals surface area contributed by atoms with Gasteiger partial charge in [0.1, 0.15) is 5.82 Å². The largest absolute Gasteiger partial charge is 0.481 e. The lowest BCUT2D eigenvalue weighted by Crippen LogP contribution is -2.43. The van der Waals surface area contributed by atoms with E-state index in [-0.39, 0.29) is 11.5 Å². The minimum Gasteiger partial charge on any atom is -0.481 e. The summed E-state index contributed by atoms with van der Waals surface area (Å²) >= 11 is 0. The van der Waals surface area contributed by atoms with Gasteiger partial charge in [0.25, 0.3) is 0 Å². The Bertz CT molecular complexity index is 391. The molecule has 1 aromatic heterocycles. The molecule has 3 N–H and O–H groups in total. The van der Waals surface area contributed by atoms with Crippen molar-refractivity contribution in [3.8, 4) is 5.88 Å². The first-order valence-corrected chi connectivity index (χ1v) is 5.66. The molecule has 1 fully saturated rings. The van der Waals surface area contributed by atoms with E-state index in [1.54, 1.807) is 13.2 Å². The number of anilines is 2. The van der Waals surface area contributed by atoms with Crippen LogP contribution in [-0.2, 0) is 4.74 Å². The Morgan fingerprint density at radius 3 is 3.00 bits per heavy atom. The van der Waals surface area contributed by atoms with Gasteiger partial charge in [-0.1, -0.05) is 0 Å². The number of nitrogens with one attached hydrogen (secondary N) is 1. The van der Waals surface area contributed by atoms with E-state index in [4.69, 9.17) is 15.2 Å². The van der Waals surface area contributed by atoms with E-state index in [9.17, 15) is 0 Å². The van der Waals surface area contributed by atoms with Crippen LogP contribution in [0.4, 0.5) is 11.8 Å². The molecule has 2 rings (SSSR count). The maximum atomic E-state index is 5.61. The third-order valence-electron chi connectivity index (χ3n) is 2.80. The average molecular weight is 238 g/mol. The molecule has 6 nitrogen and oxygen atoms in total. The summed E-state index contributed by atoms with van der Waals surface area (Å²) in [6.07, 6.45) is 2.08. The van der Waals surface area contributed by atoms with E-state index >= 15 is 0 Å². The van der Waals surface area contributed by atoms with Crippen LogP contribution in [0.2, 0.25) is 0 Å². The first-order valence-electron chi connectivity index (χ1n) is 5.66. The van der Waals surface area contributed by atoms with Crippen molar-refractivity contribution in [2.45, 2.75) is 25.3 Å². The van der Waals surface area contributed by atoms with Crippen LogP contribution in [0, 0.1) is 0 Å². The summed E-state index contributed by atoms with van der Waals surface area (Å²) < 4.78 is 10.5. The second-order valence-electron chi connectivity index (χ2n) is 4.50. The van der Waals surface area contributed by atoms with Crippen LogP contribution in [0.1, 0.15) is 19.8 Å². The van der Waals surface area contributed by atoms with Gasteiger partial charge in [-0.25, -0.2) is 0 Å². The fourth-order valence-corrected chi connectivity index (χ4v) is 1.95. The van der Waals surface area contributed by atoms with Gasteiger partial charge in [-0.3, -0.25) is 0 Å². The van der Waals surface area contributed by atoms with Gasteiger partial charge in [0.15, 0.2) is 0 Å². The number of nitrogens with zero attached hydrogens (tertiary/aromatic N) is 2. The van der Waals surface area contributed by atoms with Gasteiger partial charge in [0.2, 0.25) is 11.8 Å². The molecule has 94 valence electrons. The Morgan fingerprint density at radius 1 is 1.53 bits per heavy atom. The molecule has 1 atom stereocenters. The summed E-state index contributed by atoms with van der Waals surface area (Å²) in [6.45, 7) is 3.60. The normalized spacial score (nSPS) is 24.4. The molecular weight excluding hydrogens is 220 g/mol. The smallest absolute Gasteiger partial charge is 0.225 e. The van der Waals surface area contributed by atoms with Crippen molar-refractivity contribution < 1.29 is 9.47 Å². The van der Waals surface area contributed by atoms with Gasteiger partial charge in [-0.15, -0.1) is 0 Å². The first kappa shape index (κ1) is 11.9. The zero-order chi connectivity index (χ0) is 12.3. The highest BCUT2D eigenvalue weighted by atomic mass is 16.5. The van der Waals surface area contributed by atoms with Crippen molar-refractivity contribution in [3.63, 3.8) is 0 Å². The van der Waals surface area contributed by atoms with Crippen LogP contribution in [0.15, 0.2) is 6.07 Å². The predicted molar refractivity (Wildman–Crippen MR) is 65.1 cm³/mol. The Labute approximate surface area is 101 Å². The van der Waals surface area contributed by atoms with Gasteiger partial charge in [0.05, 0.1) is 19.3 Å². The lowest BCUT2D eigenvalue weighted by molar-refractivity contribution is 0.0539. The molecule has 1 saturated heterocycles. The highest BCUT2D eigenvalue weighted by molar-refractivity contribution is 5.44. The van der Waals surface area contributed by atoms with Crippen LogP contribution in [0.25, 0.3) is 0 Å². The summed E-state index contributed by atoms with van der Waals surface area (Å²) in [5.41, 5.74) is 5.50. The van der Waals surface area contributed by atoms with Gasteiger partial charge >= 0.3 is 0 Å². The number of ether oxygens (including phenoxy) is 2. The molecule has 1 aliphatic heterocycles. The monoisotopic (exact) mass is 238 g/mol. The molecule has 17 heavy (non-hydrogen) atoms. The van der Waals surface area contributed by atoms with Crippen LogP contribution < -0.4 is 15.8 Å². The Hall–Kier alpha value is -1.56. The molecule has 0 radical (unpaired) electrons. The molecular formula is C11H18N4O2. The number of nitrogens with two attached hydrogens (primary N) is 1. The summed E-state index contributed by atoms with van der Waals surface area (Å²) in [5.74, 6) is 1.33. The average Bonchev–Trinajstić information content (AvgIpc) is 2.28. The molecule has 0 saturated carbocycles. The minimum absolute atomic E-state index is 0.107. The highest BCUT2D eigenvalue weighted by Crippen LogP contribution is 2.24. The van der Waals surface area contributed by atoms with Crippen molar-refractivity contribution in [1.29, 1.82) is 0 Å². The number of hydrogen-bond acceptors (Lipinski definition) is 6. The lowest BCUT2D eigenvalue weighted by Gasteiger charge is -2.34. The number of aromatic nitrogens is 2. The summed E-state index contributed by atoms with van der Waals surface area (Å²) in [7, 11) is 1.55. The molecule has 0 bridgehead atoms. The molecule has 6 heteroatoms. The molecule has 0 aromatic carbocycles. The minimum atomic E-state index is -0.107. The molecule has 1 unspecified atom stereocenters. The molecule has 1 aromatic rings. The third-order valence-corrected chi connectivity index (χ3v) is 2.80. The van der Waals surface area contributed by atoms with E-state index in [0.29, 0.717) is 18.3 Å². The van der Waals surface area contributed by atoms with Crippen LogP contribution in [-0.4, -0.2) is 35.8 Å². The van der Waals surface area contributed by atoms with Gasteiger partial charge in [0, 0.05) is 12.7 Å². The van der Waals surface area contributed by atoms with E-state index in [0.717, 1.165) is 19.4 Å². The molecule has 0 aliphatic carbocycles. The molecule has 1 aliphatic rings. The van der Waals surface area contributed by atoms with Crippen molar-refractivity contribution in [2.24, 2.45) is 0 Å². The fourth-order valence-electron chi connectivity index (χ4n) is 1.95. The zero-order valence-corrected chi connectivity index (χ0v) is 10.2. The van der Waals surface area contributed by atoms with Crippen LogP contribution in [0.5, 0.6) is 5.88 Å². The van der Waals surface area contributed by atoms with E-state index in [2.05, 4.69) is 22.2 Å². The molecule has 0 amide bonds. The number of rotatable bonds is 3. The Morgan fingerprint density at radius 2 is 2.35 bits per heavy atom. The lowest BCUT2D eigenvalue weighted by atomic mass is 9.95. The van der Waals surface area contributed by atoms with E-state index in [1.165, 1.54) is 0 Å². The van der Waals surface area contributed by atoms with Gasteiger partial charge in [-0.2, -0.15) is 9.97 Å². The van der Waals surface area contributed by atoms with Crippen molar-refractivity contribution in [3.05, 3.63) is 6.07 Å². The topological polar surface area (TPSA) is 82.3 Å². The summed E-state index contributed by atoms with van der Waals surface area (Å²) in [6, 6.07) is 1.73. The molecule has 2 heterocycles. The van der Waals surface area contributed by atoms with Gasteiger partial charge < -0.3 is 20.5 Å². The van der Waals surface area contributed by atoms with E-state index in [1.807, 2.05) is 0 Å². The number of methoxy groups -OCH3 is 1. The summed E-state index contributed by atoms with van der Waals surface area (Å²) in [4.78, 5) is 8.08. The second-order valence-corrected chi connectivity index (χ2v) is 4.50. The second kappa shape index (κ2) is 4.75. The van der Waals surface area contributed by atoms with Crippen molar-refractivity contribution in [2.75, 3.05) is 31.4 Å². The number of hydrogen-bond donors (Lipinski definition) is 2. The number of nitrogen functional groups attached to an aromatic ring is 1. The molecule has 0 spiro atoms. The zero-order valence-electron chi connectivity index (χ0n) is 10.2. The van der Waals surface area contributed by atoms with E-state index < -0.39 is 0 Å². The van der Waals surface area contributed by atoms with Crippen molar-refractivity contribution in [1.82, 2.24) is 9.97 Å². The quantitative estimate of drug-likeness (QED) is 0.819. The Balaban J connectivity index is 2.14. The SMILES string of the molecule is COc1cc(NC2(C)CCCOC2)nc(N)n1. The highest BCUT2D eigenvalue weighted by Gasteiger charge is 2.28. The standard InChI is InChI=1S/C11H18N4O2/c1-11(4-3-5-17-7-11)15-8-6-9(16-2)14-10(12)13-8/h6H,3-5,7H2,1-2H3,(H3,12,13,14,15). The first-order chi connectivity index (χ1) is 8.11. The van der Waals surface area contributed by atoms with Crippen molar-refractivity contribution >= 4 is 11.8 Å². The maximum absolute atomic E-state index is 5.61. The maximum Gasteiger partial charge on any atom is 0.225 e. The summed E-state index contributed by atoms with van der Waals surface area (Å²) in [5, 5.41) is 3.34. The predicted octanol–water partition coefficient (Wildman–Crippen LogP) is 1.05. The fraction of sp³-hybridized carbons (Fsp3) is 0.636. The van der Waals surface area contributed by atoms with Gasteiger partial charge in [-0.05, 0) is 19.8 Å². The van der Waals surface area contributed by atoms with Crippen LogP contribution >= 0.6 is 0 Å². The third kappa shape index (κ3) is 2.97. The van der Waals surface area contributed by atoms with Crippen LogP contribution in [0.3, 0.4) is 0 Å².